The molecule has 1 N–H and O–H groups in total. The van der Waals surface area contributed by atoms with Crippen molar-refractivity contribution < 1.29 is 13.9 Å². The highest BCUT2D eigenvalue weighted by Crippen LogP contribution is 2.27. The Labute approximate surface area is 190 Å². The summed E-state index contributed by atoms with van der Waals surface area (Å²) in [5.41, 5.74) is 2.83. The summed E-state index contributed by atoms with van der Waals surface area (Å²) in [6.07, 6.45) is 5.35. The first kappa shape index (κ1) is 21.3. The van der Waals surface area contributed by atoms with E-state index in [9.17, 15) is 9.18 Å². The molecule has 10 nitrogen and oxygen atoms in total. The van der Waals surface area contributed by atoms with E-state index < -0.39 is 5.82 Å². The van der Waals surface area contributed by atoms with Crippen molar-refractivity contribution in [3.63, 3.8) is 0 Å². The monoisotopic (exact) mass is 452 g/mol. The molecule has 5 rings (SSSR count). The molecule has 5 heterocycles. The lowest BCUT2D eigenvalue weighted by Crippen LogP contribution is -2.41. The first-order chi connectivity index (χ1) is 16.0. The van der Waals surface area contributed by atoms with Crippen LogP contribution in [0.2, 0.25) is 0 Å². The maximum Gasteiger partial charge on any atom is 0.253 e. The van der Waals surface area contributed by atoms with Crippen molar-refractivity contribution in [1.29, 1.82) is 0 Å². The van der Waals surface area contributed by atoms with E-state index in [4.69, 9.17) is 4.74 Å². The predicted molar refractivity (Wildman–Crippen MR) is 120 cm³/mol. The molecule has 0 unspecified atom stereocenters. The van der Waals surface area contributed by atoms with Crippen LogP contribution in [-0.4, -0.2) is 56.7 Å². The third-order valence-electron chi connectivity index (χ3n) is 5.81. The van der Waals surface area contributed by atoms with Crippen LogP contribution in [0.4, 0.5) is 27.7 Å². The number of nitrogens with one attached hydrogen (secondary N) is 1. The smallest absolute Gasteiger partial charge is 0.253 e. The van der Waals surface area contributed by atoms with E-state index in [1.807, 2.05) is 11.2 Å². The predicted octanol–water partition coefficient (Wildman–Crippen LogP) is 2.46. The van der Waals surface area contributed by atoms with E-state index in [2.05, 4.69) is 43.7 Å². The van der Waals surface area contributed by atoms with Crippen LogP contribution in [0.25, 0.3) is 0 Å². The highest BCUT2D eigenvalue weighted by molar-refractivity contribution is 5.94. The number of carbonyl (C=O) groups excluding carboxylic acids is 1. The molecule has 3 aromatic heterocycles. The molecule has 1 fully saturated rings. The number of aromatic nitrogens is 5. The normalized spacial score (nSPS) is 16.3. The van der Waals surface area contributed by atoms with Crippen molar-refractivity contribution in [2.24, 2.45) is 0 Å². The van der Waals surface area contributed by atoms with Gasteiger partial charge in [0.15, 0.2) is 11.6 Å². The Hall–Kier alpha value is -3.60. The number of pyridine rings is 1. The van der Waals surface area contributed by atoms with Gasteiger partial charge in [-0.1, -0.05) is 0 Å². The quantitative estimate of drug-likeness (QED) is 0.630. The summed E-state index contributed by atoms with van der Waals surface area (Å²) in [6, 6.07) is 3.80. The molecule has 1 amide bonds. The van der Waals surface area contributed by atoms with E-state index in [-0.39, 0.29) is 30.3 Å². The minimum atomic E-state index is -0.478. The Morgan fingerprint density at radius 3 is 2.79 bits per heavy atom. The van der Waals surface area contributed by atoms with Crippen molar-refractivity contribution in [2.45, 2.75) is 32.9 Å². The van der Waals surface area contributed by atoms with Crippen LogP contribution >= 0.6 is 0 Å². The number of fused-ring (bicyclic) bond motifs is 1. The van der Waals surface area contributed by atoms with Gasteiger partial charge in [-0.15, -0.1) is 0 Å². The summed E-state index contributed by atoms with van der Waals surface area (Å²) in [4.78, 5) is 32.9. The van der Waals surface area contributed by atoms with Crippen LogP contribution in [0.5, 0.6) is 0 Å². The van der Waals surface area contributed by atoms with Gasteiger partial charge in [-0.3, -0.25) is 4.79 Å². The fourth-order valence-corrected chi connectivity index (χ4v) is 4.10. The zero-order valence-electron chi connectivity index (χ0n) is 18.5. The number of anilines is 4. The van der Waals surface area contributed by atoms with Crippen LogP contribution in [0, 0.1) is 5.82 Å². The lowest BCUT2D eigenvalue weighted by Gasteiger charge is -2.29. The Kier molecular flexibility index (Phi) is 5.63. The largest absolute Gasteiger partial charge is 0.370 e. The first-order valence-corrected chi connectivity index (χ1v) is 10.9. The summed E-state index contributed by atoms with van der Waals surface area (Å²) in [5, 5.41) is 3.02. The number of hydrogen-bond acceptors (Lipinski definition) is 8. The van der Waals surface area contributed by atoms with Gasteiger partial charge in [0.2, 0.25) is 5.95 Å². The molecule has 0 radical (unpaired) electrons. The first-order valence-electron chi connectivity index (χ1n) is 10.9. The molecular weight excluding hydrogens is 427 g/mol. The Morgan fingerprint density at radius 2 is 2.03 bits per heavy atom. The molecule has 0 aromatic carbocycles. The number of nitrogens with zero attached hydrogens (tertiary/aromatic N) is 7. The number of hydrogen-bond donors (Lipinski definition) is 1. The van der Waals surface area contributed by atoms with Gasteiger partial charge in [0, 0.05) is 25.6 Å². The van der Waals surface area contributed by atoms with Crippen molar-refractivity contribution in [3.05, 3.63) is 48.1 Å². The maximum atomic E-state index is 14.7. The van der Waals surface area contributed by atoms with Crippen molar-refractivity contribution in [3.8, 4) is 0 Å². The molecule has 1 saturated heterocycles. The topological polar surface area (TPSA) is 101 Å². The van der Waals surface area contributed by atoms with E-state index in [0.717, 1.165) is 17.8 Å². The van der Waals surface area contributed by atoms with Gasteiger partial charge in [-0.2, -0.15) is 4.98 Å². The number of ether oxygens (including phenoxy) is 1. The van der Waals surface area contributed by atoms with Crippen LogP contribution in [0.3, 0.4) is 0 Å². The molecule has 2 aliphatic heterocycles. The number of halogens is 1. The minimum Gasteiger partial charge on any atom is -0.370 e. The van der Waals surface area contributed by atoms with Gasteiger partial charge >= 0.3 is 0 Å². The molecule has 33 heavy (non-hydrogen) atoms. The van der Waals surface area contributed by atoms with Gasteiger partial charge in [-0.05, 0) is 26.0 Å². The van der Waals surface area contributed by atoms with Gasteiger partial charge in [0.05, 0.1) is 48.9 Å². The van der Waals surface area contributed by atoms with Crippen LogP contribution in [0.15, 0.2) is 30.9 Å². The van der Waals surface area contributed by atoms with E-state index in [0.29, 0.717) is 37.7 Å². The highest BCUT2D eigenvalue weighted by Gasteiger charge is 2.25. The van der Waals surface area contributed by atoms with E-state index >= 15 is 0 Å². The van der Waals surface area contributed by atoms with Gasteiger partial charge < -0.3 is 24.4 Å². The molecule has 172 valence electrons. The summed E-state index contributed by atoms with van der Waals surface area (Å²) in [7, 11) is 0. The zero-order valence-corrected chi connectivity index (χ0v) is 18.5. The SMILES string of the molecule is CC(C)n1cnc2c1CN(c1nc(Nc3ccc(N4CCOCC4=O)cn3)ncc1F)CC2. The van der Waals surface area contributed by atoms with Crippen LogP contribution in [0.1, 0.15) is 31.3 Å². The van der Waals surface area contributed by atoms with Crippen molar-refractivity contribution in [2.75, 3.05) is 41.4 Å². The maximum absolute atomic E-state index is 14.7. The lowest BCUT2D eigenvalue weighted by molar-refractivity contribution is -0.125. The third kappa shape index (κ3) is 4.23. The molecular formula is C22H25FN8O2. The average Bonchev–Trinajstić information content (AvgIpc) is 3.25. The molecule has 0 bridgehead atoms. The van der Waals surface area contributed by atoms with Gasteiger partial charge in [0.1, 0.15) is 12.4 Å². The highest BCUT2D eigenvalue weighted by atomic mass is 19.1. The zero-order chi connectivity index (χ0) is 22.9. The van der Waals surface area contributed by atoms with Crippen LogP contribution in [-0.2, 0) is 22.5 Å². The third-order valence-corrected chi connectivity index (χ3v) is 5.81. The van der Waals surface area contributed by atoms with E-state index in [1.165, 1.54) is 6.20 Å². The number of rotatable bonds is 5. The molecule has 0 spiro atoms. The second-order valence-electron chi connectivity index (χ2n) is 8.30. The fraction of sp³-hybridized carbons (Fsp3) is 0.409. The molecule has 2 aliphatic rings. The average molecular weight is 452 g/mol. The summed E-state index contributed by atoms with van der Waals surface area (Å²) >= 11 is 0. The van der Waals surface area contributed by atoms with Crippen molar-refractivity contribution >= 4 is 29.2 Å². The second-order valence-corrected chi connectivity index (χ2v) is 8.30. The molecule has 3 aromatic rings. The molecule has 11 heteroatoms. The van der Waals surface area contributed by atoms with E-state index in [1.54, 1.807) is 23.2 Å². The molecule has 0 atom stereocenters. The standard InChI is InChI=1S/C22H25FN8O2/c1-14(2)31-13-26-17-5-6-29(11-18(17)31)21-16(23)10-25-22(28-21)27-19-4-3-15(9-24-19)30-7-8-33-12-20(30)32/h3-4,9-10,13-14H,5-8,11-12H2,1-2H3,(H,24,25,27,28). The van der Waals surface area contributed by atoms with Gasteiger partial charge in [-0.25, -0.2) is 19.3 Å². The summed E-state index contributed by atoms with van der Waals surface area (Å²) in [5.74, 6) is 0.408. The number of carbonyl (C=O) groups is 1. The minimum absolute atomic E-state index is 0.0716. The van der Waals surface area contributed by atoms with Crippen molar-refractivity contribution in [1.82, 2.24) is 24.5 Å². The van der Waals surface area contributed by atoms with Gasteiger partial charge in [0.25, 0.3) is 5.91 Å². The summed E-state index contributed by atoms with van der Waals surface area (Å²) < 4.78 is 21.9. The Bertz CT molecular complexity index is 1160. The fourth-order valence-electron chi connectivity index (χ4n) is 4.10. The Morgan fingerprint density at radius 1 is 1.15 bits per heavy atom. The number of amides is 1. The summed E-state index contributed by atoms with van der Waals surface area (Å²) in [6.45, 7) is 6.40. The van der Waals surface area contributed by atoms with Crippen LogP contribution < -0.4 is 15.1 Å². The number of morpholine rings is 1. The molecule has 0 saturated carbocycles. The Balaban J connectivity index is 1.33. The molecule has 0 aliphatic carbocycles. The lowest BCUT2D eigenvalue weighted by atomic mass is 10.1. The number of imidazole rings is 1. The second kappa shape index (κ2) is 8.74.